The summed E-state index contributed by atoms with van der Waals surface area (Å²) in [6.07, 6.45) is 6.00. The molecule has 1 aromatic rings. The van der Waals surface area contributed by atoms with Gasteiger partial charge in [-0.2, -0.15) is 0 Å². The first-order chi connectivity index (χ1) is 9.28. The molecule has 0 saturated carbocycles. The van der Waals surface area contributed by atoms with Gasteiger partial charge in [0, 0.05) is 25.2 Å². The summed E-state index contributed by atoms with van der Waals surface area (Å²) in [6.45, 7) is 5.20. The van der Waals surface area contributed by atoms with E-state index in [-0.39, 0.29) is 5.54 Å². The molecule has 0 bridgehead atoms. The Hall–Kier alpha value is -0.900. The van der Waals surface area contributed by atoms with Gasteiger partial charge in [-0.15, -0.1) is 0 Å². The number of rotatable bonds is 6. The maximum atomic E-state index is 6.09. The van der Waals surface area contributed by atoms with Crippen LogP contribution in [-0.4, -0.2) is 30.2 Å². The number of nitrogens with one attached hydrogen (secondary N) is 1. The molecular formula is C16H27N3. The van der Waals surface area contributed by atoms with Gasteiger partial charge < -0.3 is 5.73 Å². The Morgan fingerprint density at radius 1 is 1.16 bits per heavy atom. The van der Waals surface area contributed by atoms with Crippen LogP contribution in [0.3, 0.4) is 0 Å². The summed E-state index contributed by atoms with van der Waals surface area (Å²) < 4.78 is 0. The average Bonchev–Trinajstić information content (AvgIpc) is 2.48. The Morgan fingerprint density at radius 2 is 1.84 bits per heavy atom. The Morgan fingerprint density at radius 3 is 2.42 bits per heavy atom. The van der Waals surface area contributed by atoms with E-state index in [2.05, 4.69) is 47.7 Å². The highest BCUT2D eigenvalue weighted by Gasteiger charge is 2.29. The number of hydrogen-bond acceptors (Lipinski definition) is 3. The van der Waals surface area contributed by atoms with Crippen molar-refractivity contribution in [1.82, 2.24) is 10.4 Å². The molecule has 0 spiro atoms. The molecule has 0 radical (unpaired) electrons. The van der Waals surface area contributed by atoms with Gasteiger partial charge in [0.15, 0.2) is 0 Å². The van der Waals surface area contributed by atoms with Crippen LogP contribution < -0.4 is 11.2 Å². The first-order valence-corrected chi connectivity index (χ1v) is 7.55. The Bertz CT molecular complexity index is 354. The van der Waals surface area contributed by atoms with E-state index in [0.29, 0.717) is 6.54 Å². The number of hydrogen-bond donors (Lipinski definition) is 2. The van der Waals surface area contributed by atoms with Crippen molar-refractivity contribution in [2.24, 2.45) is 5.73 Å². The third-order valence-electron chi connectivity index (χ3n) is 4.20. The zero-order chi connectivity index (χ0) is 13.6. The zero-order valence-electron chi connectivity index (χ0n) is 12.1. The first kappa shape index (κ1) is 14.5. The van der Waals surface area contributed by atoms with Gasteiger partial charge in [0.05, 0.1) is 0 Å². The van der Waals surface area contributed by atoms with Gasteiger partial charge in [0.25, 0.3) is 0 Å². The molecule has 106 valence electrons. The summed E-state index contributed by atoms with van der Waals surface area (Å²) in [6, 6.07) is 10.7. The van der Waals surface area contributed by atoms with Gasteiger partial charge in [-0.05, 0) is 31.2 Å². The van der Waals surface area contributed by atoms with Crippen molar-refractivity contribution in [1.29, 1.82) is 0 Å². The molecule has 3 heteroatoms. The Kier molecular flexibility index (Phi) is 5.37. The lowest BCUT2D eigenvalue weighted by atomic mass is 9.89. The van der Waals surface area contributed by atoms with Crippen molar-refractivity contribution < 1.29 is 0 Å². The van der Waals surface area contributed by atoms with Crippen LogP contribution in [-0.2, 0) is 6.42 Å². The van der Waals surface area contributed by atoms with Crippen LogP contribution in [0, 0.1) is 0 Å². The summed E-state index contributed by atoms with van der Waals surface area (Å²) in [5.74, 6) is 0. The Labute approximate surface area is 117 Å². The number of benzene rings is 1. The topological polar surface area (TPSA) is 41.3 Å². The minimum atomic E-state index is -0.00130. The van der Waals surface area contributed by atoms with E-state index in [9.17, 15) is 0 Å². The molecule has 1 aliphatic heterocycles. The largest absolute Gasteiger partial charge is 0.329 e. The van der Waals surface area contributed by atoms with Gasteiger partial charge in [-0.25, -0.2) is 10.4 Å². The second-order valence-electron chi connectivity index (χ2n) is 5.66. The molecule has 0 aliphatic carbocycles. The summed E-state index contributed by atoms with van der Waals surface area (Å²) in [7, 11) is 0. The molecule has 3 N–H and O–H groups in total. The van der Waals surface area contributed by atoms with Crippen molar-refractivity contribution in [3.8, 4) is 0 Å². The van der Waals surface area contributed by atoms with Crippen LogP contribution in [0.2, 0.25) is 0 Å². The lowest BCUT2D eigenvalue weighted by Gasteiger charge is -2.40. The molecule has 19 heavy (non-hydrogen) atoms. The van der Waals surface area contributed by atoms with E-state index in [0.717, 1.165) is 25.9 Å². The monoisotopic (exact) mass is 261 g/mol. The summed E-state index contributed by atoms with van der Waals surface area (Å²) in [4.78, 5) is 0. The fourth-order valence-corrected chi connectivity index (χ4v) is 2.83. The molecule has 1 heterocycles. The molecule has 2 rings (SSSR count). The predicted octanol–water partition coefficient (Wildman–Crippen LogP) is 2.33. The van der Waals surface area contributed by atoms with Gasteiger partial charge >= 0.3 is 0 Å². The number of nitrogens with two attached hydrogens (primary N) is 1. The predicted molar refractivity (Wildman–Crippen MR) is 80.8 cm³/mol. The minimum absolute atomic E-state index is 0.00130. The van der Waals surface area contributed by atoms with E-state index < -0.39 is 0 Å². The highest BCUT2D eigenvalue weighted by molar-refractivity contribution is 5.18. The van der Waals surface area contributed by atoms with Crippen LogP contribution in [0.5, 0.6) is 0 Å². The van der Waals surface area contributed by atoms with Crippen molar-refractivity contribution in [2.75, 3.05) is 19.6 Å². The van der Waals surface area contributed by atoms with Gasteiger partial charge in [-0.3, -0.25) is 0 Å². The second kappa shape index (κ2) is 7.04. The smallest absolute Gasteiger partial charge is 0.0485 e. The second-order valence-corrected chi connectivity index (χ2v) is 5.66. The third kappa shape index (κ3) is 4.03. The molecule has 1 atom stereocenters. The van der Waals surface area contributed by atoms with Crippen LogP contribution in [0.15, 0.2) is 30.3 Å². The fraction of sp³-hybridized carbons (Fsp3) is 0.625. The van der Waals surface area contributed by atoms with Gasteiger partial charge in [0.2, 0.25) is 0 Å². The van der Waals surface area contributed by atoms with Gasteiger partial charge in [0.1, 0.15) is 0 Å². The number of hydrazine groups is 1. The highest BCUT2D eigenvalue weighted by atomic mass is 15.5. The normalized spacial score (nSPS) is 20.1. The molecule has 1 aromatic carbocycles. The molecule has 1 saturated heterocycles. The van der Waals surface area contributed by atoms with Crippen molar-refractivity contribution in [3.63, 3.8) is 0 Å². The van der Waals surface area contributed by atoms with Gasteiger partial charge in [-0.1, -0.05) is 43.7 Å². The molecule has 3 nitrogen and oxygen atoms in total. The zero-order valence-corrected chi connectivity index (χ0v) is 12.1. The number of nitrogens with zero attached hydrogens (tertiary/aromatic N) is 1. The summed E-state index contributed by atoms with van der Waals surface area (Å²) in [5.41, 5.74) is 11.2. The van der Waals surface area contributed by atoms with E-state index in [1.54, 1.807) is 0 Å². The molecule has 1 fully saturated rings. The van der Waals surface area contributed by atoms with E-state index in [1.807, 2.05) is 0 Å². The summed E-state index contributed by atoms with van der Waals surface area (Å²) >= 11 is 0. The molecular weight excluding hydrogens is 234 g/mol. The minimum Gasteiger partial charge on any atom is -0.329 e. The van der Waals surface area contributed by atoms with Crippen LogP contribution in [0.25, 0.3) is 0 Å². The third-order valence-corrected chi connectivity index (χ3v) is 4.20. The standard InChI is InChI=1S/C16H27N3/c1-2-16(14-17,13-15-9-5-3-6-10-15)18-19-11-7-4-8-12-19/h3,5-6,9-10,18H,2,4,7-8,11-14,17H2,1H3. The van der Waals surface area contributed by atoms with E-state index >= 15 is 0 Å². The van der Waals surface area contributed by atoms with E-state index in [4.69, 9.17) is 5.73 Å². The quantitative estimate of drug-likeness (QED) is 0.826. The van der Waals surface area contributed by atoms with Crippen molar-refractivity contribution in [3.05, 3.63) is 35.9 Å². The van der Waals surface area contributed by atoms with E-state index in [1.165, 1.54) is 24.8 Å². The molecule has 0 aromatic heterocycles. The molecule has 0 amide bonds. The van der Waals surface area contributed by atoms with Crippen molar-refractivity contribution in [2.45, 2.75) is 44.6 Å². The first-order valence-electron chi connectivity index (χ1n) is 7.55. The number of piperidine rings is 1. The highest BCUT2D eigenvalue weighted by Crippen LogP contribution is 2.19. The average molecular weight is 261 g/mol. The molecule has 1 aliphatic rings. The van der Waals surface area contributed by atoms with Crippen LogP contribution >= 0.6 is 0 Å². The lowest BCUT2D eigenvalue weighted by Crippen LogP contribution is -2.60. The van der Waals surface area contributed by atoms with Crippen LogP contribution in [0.4, 0.5) is 0 Å². The maximum Gasteiger partial charge on any atom is 0.0485 e. The van der Waals surface area contributed by atoms with Crippen molar-refractivity contribution >= 4 is 0 Å². The Balaban J connectivity index is 2.03. The lowest BCUT2D eigenvalue weighted by molar-refractivity contribution is 0.0801. The fourth-order valence-electron chi connectivity index (χ4n) is 2.83. The molecule has 1 unspecified atom stereocenters. The summed E-state index contributed by atoms with van der Waals surface area (Å²) in [5, 5.41) is 2.38. The van der Waals surface area contributed by atoms with Crippen LogP contribution in [0.1, 0.15) is 38.2 Å². The maximum absolute atomic E-state index is 6.09. The SMILES string of the molecule is CCC(CN)(Cc1ccccc1)NN1CCCCC1.